The molecule has 2 aromatic rings. The van der Waals surface area contributed by atoms with Crippen molar-refractivity contribution in [3.8, 4) is 11.8 Å². The number of hydrogen-bond donors (Lipinski definition) is 3. The van der Waals surface area contributed by atoms with Gasteiger partial charge >= 0.3 is 0 Å². The minimum Gasteiger partial charge on any atom is -0.395 e. The van der Waals surface area contributed by atoms with E-state index >= 15 is 0 Å². The molecule has 0 aliphatic carbocycles. The summed E-state index contributed by atoms with van der Waals surface area (Å²) in [4.78, 5) is 22.7. The molecule has 0 saturated heterocycles. The Balaban J connectivity index is 2.20. The number of amides is 1. The number of pyridine rings is 1. The van der Waals surface area contributed by atoms with Crippen molar-refractivity contribution in [2.75, 3.05) is 11.9 Å². The molecule has 6 nitrogen and oxygen atoms in total. The van der Waals surface area contributed by atoms with E-state index in [2.05, 4.69) is 32.1 Å². The molecular weight excluding hydrogens is 244 g/mol. The second-order valence-electron chi connectivity index (χ2n) is 3.57. The van der Waals surface area contributed by atoms with Crippen molar-refractivity contribution in [2.24, 2.45) is 0 Å². The fourth-order valence-corrected chi connectivity index (χ4v) is 1.40. The molecule has 6 heteroatoms. The number of imidazole rings is 1. The highest BCUT2D eigenvalue weighted by Gasteiger charge is 2.12. The Morgan fingerprint density at radius 2 is 2.32 bits per heavy atom. The Morgan fingerprint density at radius 3 is 3.05 bits per heavy atom. The fourth-order valence-electron chi connectivity index (χ4n) is 1.40. The van der Waals surface area contributed by atoms with E-state index in [1.54, 1.807) is 18.3 Å². The zero-order valence-corrected chi connectivity index (χ0v) is 10.1. The maximum Gasteiger partial charge on any atom is 0.277 e. The zero-order chi connectivity index (χ0) is 13.5. The van der Waals surface area contributed by atoms with E-state index in [4.69, 9.17) is 5.11 Å². The lowest BCUT2D eigenvalue weighted by molar-refractivity contribution is 0.102. The molecular formula is C13H12N4O2. The molecule has 1 amide bonds. The second-order valence-corrected chi connectivity index (χ2v) is 3.57. The summed E-state index contributed by atoms with van der Waals surface area (Å²) in [5.74, 6) is 5.54. The number of carbonyl (C=O) groups excluding carboxylic acids is 1. The van der Waals surface area contributed by atoms with Gasteiger partial charge < -0.3 is 10.1 Å². The van der Waals surface area contributed by atoms with Crippen molar-refractivity contribution in [1.29, 1.82) is 0 Å². The molecule has 0 radical (unpaired) electrons. The van der Waals surface area contributed by atoms with Crippen molar-refractivity contribution in [3.63, 3.8) is 0 Å². The third-order valence-corrected chi connectivity index (χ3v) is 2.21. The molecule has 96 valence electrons. The van der Waals surface area contributed by atoms with Crippen LogP contribution in [0.2, 0.25) is 0 Å². The number of nitrogens with zero attached hydrogens (tertiary/aromatic N) is 2. The first-order valence-electron chi connectivity index (χ1n) is 5.66. The van der Waals surface area contributed by atoms with Crippen molar-refractivity contribution < 1.29 is 9.90 Å². The molecule has 2 heterocycles. The van der Waals surface area contributed by atoms with Gasteiger partial charge in [-0.15, -0.1) is 0 Å². The largest absolute Gasteiger partial charge is 0.395 e. The van der Waals surface area contributed by atoms with Crippen LogP contribution in [0, 0.1) is 11.8 Å². The number of carbonyl (C=O) groups is 1. The van der Waals surface area contributed by atoms with Gasteiger partial charge in [-0.2, -0.15) is 0 Å². The number of H-pyrrole nitrogens is 1. The smallest absolute Gasteiger partial charge is 0.277 e. The molecule has 2 aromatic heterocycles. The van der Waals surface area contributed by atoms with Crippen LogP contribution in [0.3, 0.4) is 0 Å². The van der Waals surface area contributed by atoms with Crippen LogP contribution in [0.1, 0.15) is 22.5 Å². The Hall–Kier alpha value is -2.65. The molecule has 3 N–H and O–H groups in total. The number of aromatic amines is 1. The molecule has 0 aliphatic rings. The molecule has 19 heavy (non-hydrogen) atoms. The Labute approximate surface area is 109 Å². The van der Waals surface area contributed by atoms with Gasteiger partial charge in [0.1, 0.15) is 5.69 Å². The van der Waals surface area contributed by atoms with E-state index < -0.39 is 0 Å². The molecule has 0 aliphatic heterocycles. The SMILES string of the molecule is O=C(Nc1ncc[nH]1)c1ncccc1C#CCCO. The van der Waals surface area contributed by atoms with Gasteiger partial charge in [-0.25, -0.2) is 9.97 Å². The Morgan fingerprint density at radius 1 is 1.42 bits per heavy atom. The topological polar surface area (TPSA) is 90.9 Å². The zero-order valence-electron chi connectivity index (χ0n) is 10.1. The van der Waals surface area contributed by atoms with E-state index in [-0.39, 0.29) is 18.2 Å². The number of nitrogens with one attached hydrogen (secondary N) is 2. The highest BCUT2D eigenvalue weighted by molar-refractivity contribution is 6.03. The summed E-state index contributed by atoms with van der Waals surface area (Å²) < 4.78 is 0. The Bertz CT molecular complexity index is 611. The monoisotopic (exact) mass is 256 g/mol. The minimum absolute atomic E-state index is 0.0127. The van der Waals surface area contributed by atoms with Gasteiger partial charge in [0.05, 0.1) is 12.2 Å². The maximum atomic E-state index is 12.0. The molecule has 0 unspecified atom stereocenters. The molecule has 0 aromatic carbocycles. The summed E-state index contributed by atoms with van der Waals surface area (Å²) >= 11 is 0. The Kier molecular flexibility index (Phi) is 4.26. The molecule has 0 bridgehead atoms. The number of rotatable bonds is 3. The number of anilines is 1. The van der Waals surface area contributed by atoms with Crippen molar-refractivity contribution >= 4 is 11.9 Å². The third-order valence-electron chi connectivity index (χ3n) is 2.21. The lowest BCUT2D eigenvalue weighted by Gasteiger charge is -2.03. The van der Waals surface area contributed by atoms with Crippen LogP contribution in [0.15, 0.2) is 30.7 Å². The highest BCUT2D eigenvalue weighted by Crippen LogP contribution is 2.06. The van der Waals surface area contributed by atoms with Gasteiger partial charge in [0, 0.05) is 25.0 Å². The predicted octanol–water partition coefficient (Wildman–Crippen LogP) is 0.791. The predicted molar refractivity (Wildman–Crippen MR) is 69.4 cm³/mol. The van der Waals surface area contributed by atoms with E-state index in [0.717, 1.165) is 0 Å². The van der Waals surface area contributed by atoms with Crippen molar-refractivity contribution in [3.05, 3.63) is 42.0 Å². The van der Waals surface area contributed by atoms with E-state index in [9.17, 15) is 4.79 Å². The molecule has 0 spiro atoms. The first-order chi connectivity index (χ1) is 9.31. The van der Waals surface area contributed by atoms with Gasteiger partial charge in [0.15, 0.2) is 0 Å². The van der Waals surface area contributed by atoms with Gasteiger partial charge in [-0.1, -0.05) is 11.8 Å². The van der Waals surface area contributed by atoms with Crippen LogP contribution in [0.4, 0.5) is 5.95 Å². The van der Waals surface area contributed by atoms with Gasteiger partial charge in [0.25, 0.3) is 5.91 Å². The summed E-state index contributed by atoms with van der Waals surface area (Å²) in [6, 6.07) is 3.40. The van der Waals surface area contributed by atoms with E-state index in [0.29, 0.717) is 17.9 Å². The van der Waals surface area contributed by atoms with Crippen LogP contribution >= 0.6 is 0 Å². The van der Waals surface area contributed by atoms with Crippen LogP contribution in [-0.2, 0) is 0 Å². The van der Waals surface area contributed by atoms with Gasteiger partial charge in [-0.3, -0.25) is 10.1 Å². The summed E-state index contributed by atoms with van der Waals surface area (Å²) in [7, 11) is 0. The van der Waals surface area contributed by atoms with Gasteiger partial charge in [0.2, 0.25) is 5.95 Å². The molecule has 0 atom stereocenters. The average Bonchev–Trinajstić information content (AvgIpc) is 2.92. The lowest BCUT2D eigenvalue weighted by atomic mass is 10.2. The summed E-state index contributed by atoms with van der Waals surface area (Å²) in [5, 5.41) is 11.3. The summed E-state index contributed by atoms with van der Waals surface area (Å²) in [6.07, 6.45) is 5.02. The van der Waals surface area contributed by atoms with Crippen LogP contribution < -0.4 is 5.32 Å². The number of aromatic nitrogens is 3. The first-order valence-corrected chi connectivity index (χ1v) is 5.66. The minimum atomic E-state index is -0.385. The van der Waals surface area contributed by atoms with Gasteiger partial charge in [-0.05, 0) is 12.1 Å². The van der Waals surface area contributed by atoms with Crippen LogP contribution in [-0.4, -0.2) is 32.6 Å². The fraction of sp³-hybridized carbons (Fsp3) is 0.154. The second kappa shape index (κ2) is 6.33. The molecule has 0 saturated carbocycles. The van der Waals surface area contributed by atoms with E-state index in [1.165, 1.54) is 12.4 Å². The molecule has 0 fully saturated rings. The van der Waals surface area contributed by atoms with Crippen LogP contribution in [0.25, 0.3) is 0 Å². The number of hydrogen-bond acceptors (Lipinski definition) is 4. The maximum absolute atomic E-state index is 12.0. The highest BCUT2D eigenvalue weighted by atomic mass is 16.2. The number of aliphatic hydroxyl groups is 1. The first kappa shape index (κ1) is 12.8. The van der Waals surface area contributed by atoms with Crippen LogP contribution in [0.5, 0.6) is 0 Å². The summed E-state index contributed by atoms with van der Waals surface area (Å²) in [6.45, 7) is -0.0127. The van der Waals surface area contributed by atoms with Crippen molar-refractivity contribution in [1.82, 2.24) is 15.0 Å². The van der Waals surface area contributed by atoms with E-state index in [1.807, 2.05) is 0 Å². The standard InChI is InChI=1S/C13H12N4O2/c18-9-2-1-4-10-5-3-6-14-11(10)12(19)17-13-15-7-8-16-13/h3,5-8,18H,2,9H2,(H2,15,16,17,19). The molecule has 2 rings (SSSR count). The number of aliphatic hydroxyl groups excluding tert-OH is 1. The lowest BCUT2D eigenvalue weighted by Crippen LogP contribution is -2.16. The van der Waals surface area contributed by atoms with Crippen molar-refractivity contribution in [2.45, 2.75) is 6.42 Å². The average molecular weight is 256 g/mol. The summed E-state index contributed by atoms with van der Waals surface area (Å²) in [5.41, 5.74) is 0.740. The third kappa shape index (κ3) is 3.40. The quantitative estimate of drug-likeness (QED) is 0.708. The normalized spacial score (nSPS) is 9.53.